The predicted octanol–water partition coefficient (Wildman–Crippen LogP) is 0.752. The first kappa shape index (κ1) is 15.5. The van der Waals surface area contributed by atoms with Crippen molar-refractivity contribution in [1.82, 2.24) is 10.6 Å². The van der Waals surface area contributed by atoms with E-state index in [0.29, 0.717) is 31.0 Å². The number of carbonyl (C=O) groups excluding carboxylic acids is 2. The van der Waals surface area contributed by atoms with Crippen LogP contribution in [0.4, 0.5) is 5.69 Å². The fourth-order valence-corrected chi connectivity index (χ4v) is 2.05. The summed E-state index contributed by atoms with van der Waals surface area (Å²) in [7, 11) is 0. The van der Waals surface area contributed by atoms with Gasteiger partial charge >= 0.3 is 0 Å². The molecule has 3 N–H and O–H groups in total. The maximum atomic E-state index is 12.1. The van der Waals surface area contributed by atoms with E-state index in [9.17, 15) is 9.59 Å². The zero-order valence-electron chi connectivity index (χ0n) is 12.3. The summed E-state index contributed by atoms with van der Waals surface area (Å²) in [6, 6.07) is 6.60. The molecule has 6 nitrogen and oxygen atoms in total. The van der Waals surface area contributed by atoms with Gasteiger partial charge in [-0.05, 0) is 32.0 Å². The Balaban J connectivity index is 2.00. The van der Waals surface area contributed by atoms with Crippen LogP contribution in [0.3, 0.4) is 0 Å². The van der Waals surface area contributed by atoms with Crippen LogP contribution in [0.25, 0.3) is 0 Å². The third-order valence-corrected chi connectivity index (χ3v) is 3.05. The lowest BCUT2D eigenvalue weighted by Crippen LogP contribution is -2.48. The summed E-state index contributed by atoms with van der Waals surface area (Å²) in [5.74, 6) is -0.309. The molecule has 2 amide bonds. The first-order valence-electron chi connectivity index (χ1n) is 7.09. The molecule has 1 fully saturated rings. The van der Waals surface area contributed by atoms with Gasteiger partial charge in [-0.1, -0.05) is 6.07 Å². The Labute approximate surface area is 124 Å². The van der Waals surface area contributed by atoms with Crippen LogP contribution in [0, 0.1) is 0 Å². The largest absolute Gasteiger partial charge is 0.378 e. The minimum absolute atomic E-state index is 0.0688. The van der Waals surface area contributed by atoms with Crippen molar-refractivity contribution >= 4 is 17.5 Å². The summed E-state index contributed by atoms with van der Waals surface area (Å²) in [6.07, 6.45) is 0. The summed E-state index contributed by atoms with van der Waals surface area (Å²) in [5, 5.41) is 8.70. The number of hydrogen-bond acceptors (Lipinski definition) is 4. The summed E-state index contributed by atoms with van der Waals surface area (Å²) in [5.41, 5.74) is 1.12. The first-order valence-corrected chi connectivity index (χ1v) is 7.09. The van der Waals surface area contributed by atoms with Gasteiger partial charge in [-0.15, -0.1) is 0 Å². The van der Waals surface area contributed by atoms with Gasteiger partial charge in [0.15, 0.2) is 0 Å². The van der Waals surface area contributed by atoms with Crippen LogP contribution in [0.5, 0.6) is 0 Å². The Morgan fingerprint density at radius 2 is 2.19 bits per heavy atom. The number of morpholine rings is 1. The third-order valence-electron chi connectivity index (χ3n) is 3.05. The van der Waals surface area contributed by atoms with Crippen molar-refractivity contribution in [3.8, 4) is 0 Å². The number of ether oxygens (including phenoxy) is 1. The first-order chi connectivity index (χ1) is 10.1. The molecule has 1 unspecified atom stereocenters. The number of anilines is 1. The van der Waals surface area contributed by atoms with Gasteiger partial charge in [-0.2, -0.15) is 0 Å². The van der Waals surface area contributed by atoms with Crippen molar-refractivity contribution in [1.29, 1.82) is 0 Å². The molecule has 21 heavy (non-hydrogen) atoms. The van der Waals surface area contributed by atoms with E-state index in [0.717, 1.165) is 0 Å². The molecule has 1 heterocycles. The Morgan fingerprint density at radius 3 is 2.86 bits per heavy atom. The number of amides is 2. The molecule has 1 aromatic carbocycles. The normalized spacial score (nSPS) is 18.3. The van der Waals surface area contributed by atoms with Crippen molar-refractivity contribution in [3.05, 3.63) is 29.8 Å². The fraction of sp³-hybridized carbons (Fsp3) is 0.467. The lowest BCUT2D eigenvalue weighted by atomic mass is 10.1. The highest BCUT2D eigenvalue weighted by Crippen LogP contribution is 2.11. The van der Waals surface area contributed by atoms with Crippen LogP contribution in [-0.4, -0.2) is 43.7 Å². The monoisotopic (exact) mass is 291 g/mol. The Hall–Kier alpha value is -1.92. The predicted molar refractivity (Wildman–Crippen MR) is 80.3 cm³/mol. The smallest absolute Gasteiger partial charge is 0.251 e. The van der Waals surface area contributed by atoms with Gasteiger partial charge in [0.1, 0.15) is 6.04 Å². The minimum atomic E-state index is -0.355. The number of hydrogen-bond donors (Lipinski definition) is 3. The zero-order chi connectivity index (χ0) is 15.2. The third kappa shape index (κ3) is 4.54. The van der Waals surface area contributed by atoms with Gasteiger partial charge in [-0.3, -0.25) is 9.59 Å². The summed E-state index contributed by atoms with van der Waals surface area (Å²) in [6.45, 7) is 5.44. The molecule has 1 atom stereocenters. The number of nitrogens with one attached hydrogen (secondary N) is 3. The van der Waals surface area contributed by atoms with Crippen molar-refractivity contribution < 1.29 is 14.3 Å². The van der Waals surface area contributed by atoms with E-state index < -0.39 is 0 Å². The maximum Gasteiger partial charge on any atom is 0.251 e. The second kappa shape index (κ2) is 7.19. The molecule has 1 aromatic rings. The number of rotatable bonds is 4. The van der Waals surface area contributed by atoms with E-state index in [1.807, 2.05) is 13.8 Å². The highest BCUT2D eigenvalue weighted by molar-refractivity contribution is 5.98. The average Bonchev–Trinajstić information content (AvgIpc) is 2.47. The highest BCUT2D eigenvalue weighted by atomic mass is 16.5. The molecule has 2 rings (SSSR count). The van der Waals surface area contributed by atoms with E-state index in [-0.39, 0.29) is 23.9 Å². The van der Waals surface area contributed by atoms with Crippen LogP contribution in [-0.2, 0) is 9.53 Å². The highest BCUT2D eigenvalue weighted by Gasteiger charge is 2.21. The van der Waals surface area contributed by atoms with Crippen molar-refractivity contribution in [3.63, 3.8) is 0 Å². The van der Waals surface area contributed by atoms with Crippen LogP contribution < -0.4 is 16.0 Å². The molecule has 0 saturated carbocycles. The number of carbonyl (C=O) groups is 2. The van der Waals surface area contributed by atoms with Gasteiger partial charge in [-0.25, -0.2) is 0 Å². The van der Waals surface area contributed by atoms with Crippen LogP contribution >= 0.6 is 0 Å². The summed E-state index contributed by atoms with van der Waals surface area (Å²) >= 11 is 0. The van der Waals surface area contributed by atoms with Crippen molar-refractivity contribution in [2.75, 3.05) is 25.1 Å². The second-order valence-corrected chi connectivity index (χ2v) is 5.28. The number of benzene rings is 1. The molecule has 0 aromatic heterocycles. The van der Waals surface area contributed by atoms with Crippen LogP contribution in [0.2, 0.25) is 0 Å². The Morgan fingerprint density at radius 1 is 1.38 bits per heavy atom. The van der Waals surface area contributed by atoms with E-state index >= 15 is 0 Å². The van der Waals surface area contributed by atoms with E-state index in [2.05, 4.69) is 16.0 Å². The topological polar surface area (TPSA) is 79.5 Å². The molecule has 1 aliphatic rings. The molecule has 0 radical (unpaired) electrons. The molecule has 0 spiro atoms. The molecule has 1 saturated heterocycles. The average molecular weight is 291 g/mol. The molecular formula is C15H21N3O3. The quantitative estimate of drug-likeness (QED) is 0.765. The summed E-state index contributed by atoms with van der Waals surface area (Å²) < 4.78 is 5.26. The SMILES string of the molecule is CC(C)NC(=O)c1cccc(NC(=O)C2COCCN2)c1. The minimum Gasteiger partial charge on any atom is -0.378 e. The molecule has 6 heteroatoms. The molecule has 114 valence electrons. The van der Waals surface area contributed by atoms with Crippen LogP contribution in [0.15, 0.2) is 24.3 Å². The standard InChI is InChI=1S/C15H21N3O3/c1-10(2)17-14(19)11-4-3-5-12(8-11)18-15(20)13-9-21-7-6-16-13/h3-5,8,10,13,16H,6-7,9H2,1-2H3,(H,17,19)(H,18,20). The second-order valence-electron chi connectivity index (χ2n) is 5.28. The van der Waals surface area contributed by atoms with Gasteiger partial charge in [0, 0.05) is 23.8 Å². The van der Waals surface area contributed by atoms with E-state index in [4.69, 9.17) is 4.74 Å². The molecular weight excluding hydrogens is 270 g/mol. The molecule has 0 bridgehead atoms. The van der Waals surface area contributed by atoms with Gasteiger partial charge < -0.3 is 20.7 Å². The van der Waals surface area contributed by atoms with Crippen LogP contribution in [0.1, 0.15) is 24.2 Å². The lowest BCUT2D eigenvalue weighted by Gasteiger charge is -2.23. The van der Waals surface area contributed by atoms with Crippen molar-refractivity contribution in [2.24, 2.45) is 0 Å². The van der Waals surface area contributed by atoms with E-state index in [1.54, 1.807) is 24.3 Å². The molecule has 0 aliphatic carbocycles. The summed E-state index contributed by atoms with van der Waals surface area (Å²) in [4.78, 5) is 24.0. The van der Waals surface area contributed by atoms with E-state index in [1.165, 1.54) is 0 Å². The molecule has 1 aliphatic heterocycles. The van der Waals surface area contributed by atoms with Gasteiger partial charge in [0.05, 0.1) is 13.2 Å². The lowest BCUT2D eigenvalue weighted by molar-refractivity contribution is -0.120. The maximum absolute atomic E-state index is 12.1. The van der Waals surface area contributed by atoms with Crippen molar-refractivity contribution in [2.45, 2.75) is 25.9 Å². The zero-order valence-corrected chi connectivity index (χ0v) is 12.3. The van der Waals surface area contributed by atoms with Gasteiger partial charge in [0.2, 0.25) is 5.91 Å². The van der Waals surface area contributed by atoms with Gasteiger partial charge in [0.25, 0.3) is 5.91 Å². The Bertz CT molecular complexity index is 511. The Kier molecular flexibility index (Phi) is 5.30. The fourth-order valence-electron chi connectivity index (χ4n) is 2.05.